The molecule has 0 aliphatic carbocycles. The summed E-state index contributed by atoms with van der Waals surface area (Å²) in [5, 5.41) is 7.27. The predicted molar refractivity (Wildman–Crippen MR) is 58.5 cm³/mol. The number of anilines is 1. The first-order valence-electron chi connectivity index (χ1n) is 3.96. The van der Waals surface area contributed by atoms with Crippen LogP contribution in [0.25, 0.3) is 0 Å². The van der Waals surface area contributed by atoms with Crippen LogP contribution in [-0.4, -0.2) is 20.2 Å². The zero-order valence-electron chi connectivity index (χ0n) is 8.18. The quantitative estimate of drug-likeness (QED) is 0.675. The van der Waals surface area contributed by atoms with Crippen LogP contribution in [0.3, 0.4) is 0 Å². The summed E-state index contributed by atoms with van der Waals surface area (Å²) in [6.07, 6.45) is 0. The number of primary sulfonamides is 1. The highest BCUT2D eigenvalue weighted by Gasteiger charge is 2.20. The molecule has 0 spiro atoms. The van der Waals surface area contributed by atoms with Crippen molar-refractivity contribution in [2.75, 3.05) is 5.32 Å². The van der Waals surface area contributed by atoms with Crippen LogP contribution in [0, 0.1) is 0 Å². The van der Waals surface area contributed by atoms with E-state index < -0.39 is 21.8 Å². The molecule has 0 aliphatic rings. The van der Waals surface area contributed by atoms with Crippen LogP contribution >= 0.6 is 11.3 Å². The first-order chi connectivity index (χ1) is 7.21. The lowest BCUT2D eigenvalue weighted by Crippen LogP contribution is -2.14. The van der Waals surface area contributed by atoms with Crippen molar-refractivity contribution in [2.45, 2.75) is 11.1 Å². The largest absolute Gasteiger partial charge is 0.366 e. The molecular weight excluding hydrogens is 254 g/mol. The Bertz CT molecular complexity index is 546. The molecule has 7 nitrogen and oxygen atoms in total. The summed E-state index contributed by atoms with van der Waals surface area (Å²) in [4.78, 5) is 21.8. The molecule has 0 aliphatic heterocycles. The minimum Gasteiger partial charge on any atom is -0.366 e. The molecule has 0 saturated heterocycles. The molecule has 16 heavy (non-hydrogen) atoms. The summed E-state index contributed by atoms with van der Waals surface area (Å²) in [5.41, 5.74) is 4.95. The maximum absolute atomic E-state index is 11.0. The number of hydrogen-bond acceptors (Lipinski definition) is 5. The second-order valence-electron chi connectivity index (χ2n) is 2.90. The lowest BCUT2D eigenvalue weighted by Gasteiger charge is -1.98. The Labute approximate surface area is 95.5 Å². The van der Waals surface area contributed by atoms with Crippen molar-refractivity contribution in [3.8, 4) is 0 Å². The highest BCUT2D eigenvalue weighted by Crippen LogP contribution is 2.30. The smallest absolute Gasteiger partial charge is 0.251 e. The summed E-state index contributed by atoms with van der Waals surface area (Å²) in [6, 6.07) is 1.04. The van der Waals surface area contributed by atoms with E-state index in [4.69, 9.17) is 10.9 Å². The van der Waals surface area contributed by atoms with E-state index in [0.29, 0.717) is 11.3 Å². The Morgan fingerprint density at radius 1 is 1.44 bits per heavy atom. The zero-order valence-corrected chi connectivity index (χ0v) is 9.81. The van der Waals surface area contributed by atoms with Gasteiger partial charge in [0.25, 0.3) is 5.91 Å². The standard InChI is InChI=1S/C7H9N3O4S2/c1-3(11)10-7-4(6(8)12)2-5(15-7)16(9,13)14/h2H,1H3,(H2,8,12)(H,10,11)(H2,9,13,14). The van der Waals surface area contributed by atoms with Gasteiger partial charge >= 0.3 is 0 Å². The second-order valence-corrected chi connectivity index (χ2v) is 5.74. The summed E-state index contributed by atoms with van der Waals surface area (Å²) >= 11 is 0.677. The predicted octanol–water partition coefficient (Wildman–Crippen LogP) is -0.547. The Morgan fingerprint density at radius 2 is 2.00 bits per heavy atom. The fraction of sp³-hybridized carbons (Fsp3) is 0.143. The van der Waals surface area contributed by atoms with Crippen LogP contribution in [0.1, 0.15) is 17.3 Å². The SMILES string of the molecule is CC(=O)Nc1sc(S(N)(=O)=O)cc1C(N)=O. The summed E-state index contributed by atoms with van der Waals surface area (Å²) in [6.45, 7) is 1.22. The number of nitrogens with one attached hydrogen (secondary N) is 1. The maximum atomic E-state index is 11.0. The number of carbonyl (C=O) groups excluding carboxylic acids is 2. The molecule has 88 valence electrons. The molecule has 2 amide bonds. The average molecular weight is 263 g/mol. The van der Waals surface area contributed by atoms with E-state index in [0.717, 1.165) is 6.07 Å². The molecule has 0 saturated carbocycles. The van der Waals surface area contributed by atoms with Crippen LogP contribution < -0.4 is 16.2 Å². The van der Waals surface area contributed by atoms with E-state index in [1.807, 2.05) is 0 Å². The molecular formula is C7H9N3O4S2. The molecule has 1 aromatic heterocycles. The number of nitrogens with two attached hydrogens (primary N) is 2. The average Bonchev–Trinajstić information content (AvgIpc) is 2.45. The molecule has 0 fully saturated rings. The van der Waals surface area contributed by atoms with Crippen LogP contribution in [0.15, 0.2) is 10.3 Å². The van der Waals surface area contributed by atoms with Crippen LogP contribution in [0.2, 0.25) is 0 Å². The van der Waals surface area contributed by atoms with Gasteiger partial charge in [-0.25, -0.2) is 13.6 Å². The van der Waals surface area contributed by atoms with Gasteiger partial charge in [0.05, 0.1) is 5.56 Å². The summed E-state index contributed by atoms with van der Waals surface area (Å²) < 4.78 is 21.8. The van der Waals surface area contributed by atoms with Gasteiger partial charge in [0.1, 0.15) is 9.21 Å². The van der Waals surface area contributed by atoms with Gasteiger partial charge in [-0.3, -0.25) is 9.59 Å². The fourth-order valence-electron chi connectivity index (χ4n) is 0.944. The van der Waals surface area contributed by atoms with Gasteiger partial charge in [0, 0.05) is 6.92 Å². The molecule has 0 atom stereocenters. The highest BCUT2D eigenvalue weighted by atomic mass is 32.2. The third-order valence-electron chi connectivity index (χ3n) is 1.54. The van der Waals surface area contributed by atoms with E-state index in [2.05, 4.69) is 5.32 Å². The summed E-state index contributed by atoms with van der Waals surface area (Å²) in [5.74, 6) is -1.28. The number of sulfonamides is 1. The van der Waals surface area contributed by atoms with Gasteiger partial charge in [-0.2, -0.15) is 0 Å². The Kier molecular flexibility index (Phi) is 3.31. The van der Waals surface area contributed by atoms with Gasteiger partial charge in [0.2, 0.25) is 15.9 Å². The number of carbonyl (C=O) groups is 2. The van der Waals surface area contributed by atoms with Crippen molar-refractivity contribution in [2.24, 2.45) is 10.9 Å². The number of thiophene rings is 1. The minimum atomic E-state index is -3.91. The van der Waals surface area contributed by atoms with E-state index >= 15 is 0 Å². The van der Waals surface area contributed by atoms with Gasteiger partial charge < -0.3 is 11.1 Å². The van der Waals surface area contributed by atoms with Crippen molar-refractivity contribution in [1.29, 1.82) is 0 Å². The molecule has 1 aromatic rings. The van der Waals surface area contributed by atoms with Crippen LogP contribution in [-0.2, 0) is 14.8 Å². The van der Waals surface area contributed by atoms with E-state index in [1.165, 1.54) is 6.92 Å². The zero-order chi connectivity index (χ0) is 12.5. The van der Waals surface area contributed by atoms with Crippen LogP contribution in [0.5, 0.6) is 0 Å². The third kappa shape index (κ3) is 2.78. The highest BCUT2D eigenvalue weighted by molar-refractivity contribution is 7.91. The Morgan fingerprint density at radius 3 is 2.38 bits per heavy atom. The van der Waals surface area contributed by atoms with Crippen molar-refractivity contribution < 1.29 is 18.0 Å². The van der Waals surface area contributed by atoms with Gasteiger partial charge in [-0.05, 0) is 6.07 Å². The lowest BCUT2D eigenvalue weighted by atomic mass is 10.3. The molecule has 0 unspecified atom stereocenters. The fourth-order valence-corrected chi connectivity index (χ4v) is 2.78. The van der Waals surface area contributed by atoms with E-state index in [9.17, 15) is 18.0 Å². The molecule has 0 bridgehead atoms. The molecule has 1 rings (SSSR count). The second kappa shape index (κ2) is 4.20. The molecule has 5 N–H and O–H groups in total. The monoisotopic (exact) mass is 263 g/mol. The molecule has 0 aromatic carbocycles. The maximum Gasteiger partial charge on any atom is 0.251 e. The van der Waals surface area contributed by atoms with E-state index in [-0.39, 0.29) is 14.8 Å². The van der Waals surface area contributed by atoms with E-state index in [1.54, 1.807) is 0 Å². The van der Waals surface area contributed by atoms with Crippen molar-refractivity contribution in [3.63, 3.8) is 0 Å². The molecule has 9 heteroatoms. The first-order valence-corrected chi connectivity index (χ1v) is 6.32. The number of hydrogen-bond donors (Lipinski definition) is 3. The van der Waals surface area contributed by atoms with Crippen LogP contribution in [0.4, 0.5) is 5.00 Å². The topological polar surface area (TPSA) is 132 Å². The third-order valence-corrected chi connectivity index (χ3v) is 4.02. The lowest BCUT2D eigenvalue weighted by molar-refractivity contribution is -0.114. The van der Waals surface area contributed by atoms with Crippen molar-refractivity contribution >= 4 is 38.2 Å². The minimum absolute atomic E-state index is 0.0732. The van der Waals surface area contributed by atoms with Gasteiger partial charge in [-0.15, -0.1) is 11.3 Å². The van der Waals surface area contributed by atoms with Gasteiger partial charge in [-0.1, -0.05) is 0 Å². The molecule has 1 heterocycles. The van der Waals surface area contributed by atoms with Crippen molar-refractivity contribution in [3.05, 3.63) is 11.6 Å². The van der Waals surface area contributed by atoms with Crippen molar-refractivity contribution in [1.82, 2.24) is 0 Å². The molecule has 0 radical (unpaired) electrons. The number of rotatable bonds is 3. The Hall–Kier alpha value is -1.45. The normalized spacial score (nSPS) is 11.1. The Balaban J connectivity index is 3.31. The first kappa shape index (κ1) is 12.6. The van der Waals surface area contributed by atoms with Gasteiger partial charge in [0.15, 0.2) is 0 Å². The number of primary amides is 1. The summed E-state index contributed by atoms with van der Waals surface area (Å²) in [7, 11) is -3.91. The number of amides is 2.